The van der Waals surface area contributed by atoms with E-state index in [1.54, 1.807) is 7.11 Å². The van der Waals surface area contributed by atoms with Crippen molar-refractivity contribution >= 4 is 17.7 Å². The first-order chi connectivity index (χ1) is 12.2. The van der Waals surface area contributed by atoms with Gasteiger partial charge in [0.15, 0.2) is 5.96 Å². The number of methoxy groups -OCH3 is 1. The van der Waals surface area contributed by atoms with Crippen LogP contribution in [-0.4, -0.2) is 70.6 Å². The van der Waals surface area contributed by atoms with Gasteiger partial charge in [-0.25, -0.2) is 0 Å². The first-order valence-electron chi connectivity index (χ1n) is 8.91. The van der Waals surface area contributed by atoms with Gasteiger partial charge in [-0.3, -0.25) is 4.99 Å². The zero-order valence-electron chi connectivity index (χ0n) is 16.2. The number of benzene rings is 1. The van der Waals surface area contributed by atoms with E-state index in [4.69, 9.17) is 4.74 Å². The highest BCUT2D eigenvalue weighted by Crippen LogP contribution is 2.12. The zero-order chi connectivity index (χ0) is 18.3. The lowest BCUT2D eigenvalue weighted by atomic mass is 10.2. The Kier molecular flexibility index (Phi) is 12.2. The normalized spacial score (nSPS) is 11.8. The minimum absolute atomic E-state index is 0.821. The number of hydrogen-bond acceptors (Lipinski definition) is 4. The second-order valence-corrected chi connectivity index (χ2v) is 7.22. The molecule has 0 heterocycles. The van der Waals surface area contributed by atoms with Crippen molar-refractivity contribution in [2.24, 2.45) is 4.99 Å². The van der Waals surface area contributed by atoms with Crippen molar-refractivity contribution < 1.29 is 4.74 Å². The fourth-order valence-electron chi connectivity index (χ4n) is 2.29. The maximum atomic E-state index is 5.08. The fourth-order valence-corrected chi connectivity index (χ4v) is 3.11. The molecular formula is C19H34N4OS. The van der Waals surface area contributed by atoms with Crippen LogP contribution < -0.4 is 10.6 Å². The van der Waals surface area contributed by atoms with E-state index in [9.17, 15) is 0 Å². The second kappa shape index (κ2) is 14.0. The third kappa shape index (κ3) is 11.1. The molecule has 1 aromatic rings. The third-order valence-electron chi connectivity index (χ3n) is 3.83. The first kappa shape index (κ1) is 21.8. The van der Waals surface area contributed by atoms with Crippen LogP contribution in [0.3, 0.4) is 0 Å². The number of nitrogens with zero attached hydrogens (tertiary/aromatic N) is 2. The van der Waals surface area contributed by atoms with Crippen LogP contribution in [0.1, 0.15) is 17.5 Å². The van der Waals surface area contributed by atoms with Crippen molar-refractivity contribution in [2.75, 3.05) is 59.7 Å². The number of ether oxygens (including phenoxy) is 1. The minimum Gasteiger partial charge on any atom is -0.385 e. The Balaban J connectivity index is 2.06. The molecule has 5 nitrogen and oxygen atoms in total. The summed E-state index contributed by atoms with van der Waals surface area (Å²) < 4.78 is 5.08. The molecule has 25 heavy (non-hydrogen) atoms. The van der Waals surface area contributed by atoms with Crippen molar-refractivity contribution in [3.05, 3.63) is 35.4 Å². The number of thioether (sulfide) groups is 1. The van der Waals surface area contributed by atoms with E-state index in [1.165, 1.54) is 11.1 Å². The predicted octanol–water partition coefficient (Wildman–Crippen LogP) is 2.36. The molecule has 1 rings (SSSR count). The average molecular weight is 367 g/mol. The molecule has 0 fully saturated rings. The van der Waals surface area contributed by atoms with Gasteiger partial charge in [0.1, 0.15) is 0 Å². The van der Waals surface area contributed by atoms with Gasteiger partial charge in [-0.05, 0) is 26.0 Å². The van der Waals surface area contributed by atoms with E-state index in [-0.39, 0.29) is 0 Å². The van der Waals surface area contributed by atoms with Crippen LogP contribution in [0.5, 0.6) is 0 Å². The lowest BCUT2D eigenvalue weighted by Gasteiger charge is -2.18. The molecule has 6 heteroatoms. The molecule has 0 unspecified atom stereocenters. The summed E-state index contributed by atoms with van der Waals surface area (Å²) in [5.41, 5.74) is 2.70. The predicted molar refractivity (Wildman–Crippen MR) is 111 cm³/mol. The topological polar surface area (TPSA) is 48.9 Å². The highest BCUT2D eigenvalue weighted by Gasteiger charge is 2.00. The highest BCUT2D eigenvalue weighted by atomic mass is 32.2. The van der Waals surface area contributed by atoms with Crippen molar-refractivity contribution in [3.63, 3.8) is 0 Å². The third-order valence-corrected chi connectivity index (χ3v) is 4.86. The van der Waals surface area contributed by atoms with Crippen LogP contribution in [0.15, 0.2) is 29.3 Å². The Bertz CT molecular complexity index is 479. The van der Waals surface area contributed by atoms with Gasteiger partial charge in [0.25, 0.3) is 0 Å². The SMILES string of the molecule is CN=C(NCCSCc1ccc(C)cc1)NCCN(C)CCCOC. The first-order valence-corrected chi connectivity index (χ1v) is 10.1. The van der Waals surface area contributed by atoms with Gasteiger partial charge < -0.3 is 20.3 Å². The molecule has 0 aliphatic heterocycles. The van der Waals surface area contributed by atoms with Crippen LogP contribution in [0.25, 0.3) is 0 Å². The molecule has 0 bridgehead atoms. The van der Waals surface area contributed by atoms with E-state index in [2.05, 4.69) is 58.8 Å². The van der Waals surface area contributed by atoms with Gasteiger partial charge >= 0.3 is 0 Å². The summed E-state index contributed by atoms with van der Waals surface area (Å²) in [7, 11) is 5.70. The van der Waals surface area contributed by atoms with Crippen molar-refractivity contribution in [1.82, 2.24) is 15.5 Å². The zero-order valence-corrected chi connectivity index (χ0v) is 17.0. The van der Waals surface area contributed by atoms with Crippen LogP contribution >= 0.6 is 11.8 Å². The van der Waals surface area contributed by atoms with E-state index >= 15 is 0 Å². The minimum atomic E-state index is 0.821. The van der Waals surface area contributed by atoms with Gasteiger partial charge in [-0.15, -0.1) is 0 Å². The molecule has 0 aliphatic carbocycles. The van der Waals surface area contributed by atoms with Gasteiger partial charge in [0.05, 0.1) is 0 Å². The van der Waals surface area contributed by atoms with Gasteiger partial charge in [-0.1, -0.05) is 29.8 Å². The number of guanidine groups is 1. The molecule has 0 radical (unpaired) electrons. The second-order valence-electron chi connectivity index (χ2n) is 6.11. The number of aliphatic imine (C=N–C) groups is 1. The molecule has 0 saturated heterocycles. The van der Waals surface area contributed by atoms with E-state index in [1.807, 2.05) is 18.8 Å². The van der Waals surface area contributed by atoms with Crippen LogP contribution in [0.4, 0.5) is 0 Å². The summed E-state index contributed by atoms with van der Waals surface area (Å²) in [5.74, 6) is 2.99. The molecular weight excluding hydrogens is 332 g/mol. The number of likely N-dealkylation sites (N-methyl/N-ethyl adjacent to an activating group) is 1. The summed E-state index contributed by atoms with van der Waals surface area (Å²) in [6, 6.07) is 8.76. The standard InChI is InChI=1S/C19H34N4OS/c1-17-6-8-18(9-7-17)16-25-15-11-22-19(20-2)21-10-13-23(3)12-5-14-24-4/h6-9H,5,10-16H2,1-4H3,(H2,20,21,22). The van der Waals surface area contributed by atoms with Crippen molar-refractivity contribution in [1.29, 1.82) is 0 Å². The van der Waals surface area contributed by atoms with Crippen LogP contribution in [-0.2, 0) is 10.5 Å². The summed E-state index contributed by atoms with van der Waals surface area (Å²) in [6.45, 7) is 6.79. The molecule has 1 aromatic carbocycles. The maximum absolute atomic E-state index is 5.08. The summed E-state index contributed by atoms with van der Waals surface area (Å²) >= 11 is 1.94. The fraction of sp³-hybridized carbons (Fsp3) is 0.632. The largest absolute Gasteiger partial charge is 0.385 e. The molecule has 0 spiro atoms. The monoisotopic (exact) mass is 366 g/mol. The van der Waals surface area contributed by atoms with Crippen molar-refractivity contribution in [3.8, 4) is 0 Å². The summed E-state index contributed by atoms with van der Waals surface area (Å²) in [4.78, 5) is 6.57. The Labute approximate surface area is 157 Å². The van der Waals surface area contributed by atoms with Gasteiger partial charge in [0, 0.05) is 58.4 Å². The number of nitrogens with one attached hydrogen (secondary N) is 2. The van der Waals surface area contributed by atoms with E-state index in [0.29, 0.717) is 0 Å². The Morgan fingerprint density at radius 1 is 1.16 bits per heavy atom. The maximum Gasteiger partial charge on any atom is 0.191 e. The Hall–Kier alpha value is -1.24. The van der Waals surface area contributed by atoms with Gasteiger partial charge in [0.2, 0.25) is 0 Å². The lowest BCUT2D eigenvalue weighted by molar-refractivity contribution is 0.180. The average Bonchev–Trinajstić information content (AvgIpc) is 2.61. The highest BCUT2D eigenvalue weighted by molar-refractivity contribution is 7.98. The molecule has 0 atom stereocenters. The molecule has 0 aromatic heterocycles. The molecule has 0 saturated carbocycles. The number of rotatable bonds is 12. The summed E-state index contributed by atoms with van der Waals surface area (Å²) in [6.07, 6.45) is 1.07. The number of hydrogen-bond donors (Lipinski definition) is 2. The lowest BCUT2D eigenvalue weighted by Crippen LogP contribution is -2.41. The molecule has 2 N–H and O–H groups in total. The van der Waals surface area contributed by atoms with E-state index in [0.717, 1.165) is 56.7 Å². The molecule has 0 amide bonds. The Morgan fingerprint density at radius 3 is 2.56 bits per heavy atom. The quantitative estimate of drug-likeness (QED) is 0.338. The van der Waals surface area contributed by atoms with E-state index < -0.39 is 0 Å². The summed E-state index contributed by atoms with van der Waals surface area (Å²) in [5, 5.41) is 6.73. The van der Waals surface area contributed by atoms with Gasteiger partial charge in [-0.2, -0.15) is 11.8 Å². The van der Waals surface area contributed by atoms with Crippen LogP contribution in [0.2, 0.25) is 0 Å². The smallest absolute Gasteiger partial charge is 0.191 e. The molecule has 142 valence electrons. The van der Waals surface area contributed by atoms with Crippen LogP contribution in [0, 0.1) is 6.92 Å². The van der Waals surface area contributed by atoms with Crippen molar-refractivity contribution in [2.45, 2.75) is 19.1 Å². The molecule has 0 aliphatic rings. The number of aryl methyl sites for hydroxylation is 1. The Morgan fingerprint density at radius 2 is 1.88 bits per heavy atom.